The standard InChI is InChI=1S/C13H20N/c1-2-3-4-8-11-14-12-13-9-6-5-7-10-13/h5-7,9,14H,2-4,8,11-12H2,1H3. The Balaban J connectivity index is 1.99. The SMILES string of the molecule is CCCCCCNCc1[c]cccc1. The molecule has 1 N–H and O–H groups in total. The molecule has 1 aromatic rings. The molecule has 0 fully saturated rings. The van der Waals surface area contributed by atoms with Crippen molar-refractivity contribution in [1.82, 2.24) is 5.32 Å². The Bertz CT molecular complexity index is 218. The summed E-state index contributed by atoms with van der Waals surface area (Å²) in [6.07, 6.45) is 5.31. The molecule has 0 spiro atoms. The first-order valence-corrected chi connectivity index (χ1v) is 5.60. The monoisotopic (exact) mass is 190 g/mol. The van der Waals surface area contributed by atoms with Crippen LogP contribution in [0.15, 0.2) is 24.3 Å². The van der Waals surface area contributed by atoms with E-state index in [1.54, 1.807) is 0 Å². The fourth-order valence-corrected chi connectivity index (χ4v) is 1.44. The minimum absolute atomic E-state index is 0.951. The minimum atomic E-state index is 0.951. The predicted octanol–water partition coefficient (Wildman–Crippen LogP) is 3.16. The molecule has 0 amide bonds. The summed E-state index contributed by atoms with van der Waals surface area (Å²) in [6.45, 7) is 4.32. The van der Waals surface area contributed by atoms with Crippen LogP contribution < -0.4 is 5.32 Å². The highest BCUT2D eigenvalue weighted by molar-refractivity contribution is 5.12. The molecular weight excluding hydrogens is 170 g/mol. The topological polar surface area (TPSA) is 12.0 Å². The van der Waals surface area contributed by atoms with Gasteiger partial charge in [-0.3, -0.25) is 0 Å². The van der Waals surface area contributed by atoms with Crippen LogP contribution >= 0.6 is 0 Å². The van der Waals surface area contributed by atoms with Crippen LogP contribution in [0.25, 0.3) is 0 Å². The Morgan fingerprint density at radius 1 is 1.21 bits per heavy atom. The summed E-state index contributed by atoms with van der Waals surface area (Å²) in [5, 5.41) is 3.43. The third-order valence-electron chi connectivity index (χ3n) is 2.30. The predicted molar refractivity (Wildman–Crippen MR) is 61.1 cm³/mol. The van der Waals surface area contributed by atoms with Crippen molar-refractivity contribution in [2.75, 3.05) is 6.54 Å². The smallest absolute Gasteiger partial charge is 0.0211 e. The summed E-state index contributed by atoms with van der Waals surface area (Å²) in [4.78, 5) is 0. The van der Waals surface area contributed by atoms with E-state index in [1.165, 1.54) is 31.2 Å². The maximum absolute atomic E-state index is 3.43. The lowest BCUT2D eigenvalue weighted by molar-refractivity contribution is 0.598. The van der Waals surface area contributed by atoms with Gasteiger partial charge in [-0.05, 0) is 24.6 Å². The minimum Gasteiger partial charge on any atom is -0.313 e. The second-order valence-electron chi connectivity index (χ2n) is 3.63. The van der Waals surface area contributed by atoms with Crippen molar-refractivity contribution in [2.24, 2.45) is 0 Å². The summed E-state index contributed by atoms with van der Waals surface area (Å²) < 4.78 is 0. The first-order chi connectivity index (χ1) is 6.93. The molecule has 14 heavy (non-hydrogen) atoms. The maximum Gasteiger partial charge on any atom is 0.0211 e. The number of hydrogen-bond acceptors (Lipinski definition) is 1. The second kappa shape index (κ2) is 7.57. The largest absolute Gasteiger partial charge is 0.313 e. The van der Waals surface area contributed by atoms with Crippen molar-refractivity contribution < 1.29 is 0 Å². The van der Waals surface area contributed by atoms with Gasteiger partial charge in [0.05, 0.1) is 0 Å². The molecule has 1 nitrogen and oxygen atoms in total. The average Bonchev–Trinajstić information content (AvgIpc) is 2.25. The van der Waals surface area contributed by atoms with Crippen LogP contribution in [0, 0.1) is 6.07 Å². The van der Waals surface area contributed by atoms with Gasteiger partial charge >= 0.3 is 0 Å². The molecule has 0 aliphatic heterocycles. The zero-order valence-corrected chi connectivity index (χ0v) is 9.05. The van der Waals surface area contributed by atoms with E-state index in [1.807, 2.05) is 12.1 Å². The fourth-order valence-electron chi connectivity index (χ4n) is 1.44. The van der Waals surface area contributed by atoms with E-state index in [0.29, 0.717) is 0 Å². The van der Waals surface area contributed by atoms with Gasteiger partial charge in [0, 0.05) is 6.54 Å². The Morgan fingerprint density at radius 2 is 2.14 bits per heavy atom. The number of nitrogens with one attached hydrogen (secondary N) is 1. The van der Waals surface area contributed by atoms with E-state index in [-0.39, 0.29) is 0 Å². The van der Waals surface area contributed by atoms with Gasteiger partial charge < -0.3 is 5.32 Å². The van der Waals surface area contributed by atoms with E-state index in [9.17, 15) is 0 Å². The van der Waals surface area contributed by atoms with Crippen LogP contribution in [0.2, 0.25) is 0 Å². The molecule has 0 aromatic heterocycles. The lowest BCUT2D eigenvalue weighted by Crippen LogP contribution is -2.14. The molecule has 77 valence electrons. The Kier molecular flexibility index (Phi) is 6.09. The fraction of sp³-hybridized carbons (Fsp3) is 0.538. The Labute approximate surface area is 87.5 Å². The molecule has 0 unspecified atom stereocenters. The van der Waals surface area contributed by atoms with Crippen LogP contribution in [0.1, 0.15) is 38.2 Å². The highest BCUT2D eigenvalue weighted by atomic mass is 14.8. The lowest BCUT2D eigenvalue weighted by Gasteiger charge is -2.03. The summed E-state index contributed by atoms with van der Waals surface area (Å²) in [5.74, 6) is 0. The van der Waals surface area contributed by atoms with Crippen molar-refractivity contribution in [2.45, 2.75) is 39.2 Å². The van der Waals surface area contributed by atoms with E-state index in [2.05, 4.69) is 30.4 Å². The molecule has 0 atom stereocenters. The maximum atomic E-state index is 3.43. The van der Waals surface area contributed by atoms with E-state index in [4.69, 9.17) is 0 Å². The van der Waals surface area contributed by atoms with E-state index < -0.39 is 0 Å². The summed E-state index contributed by atoms with van der Waals surface area (Å²) in [5.41, 5.74) is 1.25. The van der Waals surface area contributed by atoms with Gasteiger partial charge in [-0.15, -0.1) is 0 Å². The molecule has 0 saturated carbocycles. The molecule has 1 radical (unpaired) electrons. The first kappa shape index (κ1) is 11.3. The zero-order valence-electron chi connectivity index (χ0n) is 9.05. The molecule has 0 aliphatic carbocycles. The first-order valence-electron chi connectivity index (χ1n) is 5.60. The van der Waals surface area contributed by atoms with Crippen molar-refractivity contribution in [3.05, 3.63) is 35.9 Å². The molecule has 1 rings (SSSR count). The van der Waals surface area contributed by atoms with Crippen LogP contribution in [-0.2, 0) is 6.54 Å². The van der Waals surface area contributed by atoms with Gasteiger partial charge in [0.15, 0.2) is 0 Å². The Hall–Kier alpha value is -0.820. The molecule has 1 heteroatoms. The number of hydrogen-bond donors (Lipinski definition) is 1. The van der Waals surface area contributed by atoms with Crippen LogP contribution in [0.4, 0.5) is 0 Å². The summed E-state index contributed by atoms with van der Waals surface area (Å²) in [7, 11) is 0. The van der Waals surface area contributed by atoms with Crippen LogP contribution in [-0.4, -0.2) is 6.54 Å². The highest BCUT2D eigenvalue weighted by Crippen LogP contribution is 1.99. The summed E-state index contributed by atoms with van der Waals surface area (Å²) >= 11 is 0. The molecule has 0 bridgehead atoms. The Morgan fingerprint density at radius 3 is 2.86 bits per heavy atom. The van der Waals surface area contributed by atoms with Gasteiger partial charge in [-0.2, -0.15) is 0 Å². The summed E-state index contributed by atoms with van der Waals surface area (Å²) in [6, 6.07) is 11.3. The third-order valence-corrected chi connectivity index (χ3v) is 2.30. The quantitative estimate of drug-likeness (QED) is 0.651. The molecule has 0 saturated heterocycles. The average molecular weight is 190 g/mol. The van der Waals surface area contributed by atoms with Gasteiger partial charge in [0.2, 0.25) is 0 Å². The number of rotatable bonds is 7. The van der Waals surface area contributed by atoms with Crippen molar-refractivity contribution in [3.63, 3.8) is 0 Å². The second-order valence-corrected chi connectivity index (χ2v) is 3.63. The van der Waals surface area contributed by atoms with E-state index >= 15 is 0 Å². The van der Waals surface area contributed by atoms with Gasteiger partial charge in [0.1, 0.15) is 0 Å². The molecule has 1 aromatic carbocycles. The van der Waals surface area contributed by atoms with Crippen LogP contribution in [0.3, 0.4) is 0 Å². The van der Waals surface area contributed by atoms with Gasteiger partial charge in [-0.25, -0.2) is 0 Å². The number of benzene rings is 1. The third kappa shape index (κ3) is 5.03. The van der Waals surface area contributed by atoms with Gasteiger partial charge in [0.25, 0.3) is 0 Å². The zero-order chi connectivity index (χ0) is 10.1. The highest BCUT2D eigenvalue weighted by Gasteiger charge is 1.91. The molecular formula is C13H20N. The van der Waals surface area contributed by atoms with E-state index in [0.717, 1.165) is 13.1 Å². The van der Waals surface area contributed by atoms with Crippen molar-refractivity contribution >= 4 is 0 Å². The van der Waals surface area contributed by atoms with Crippen molar-refractivity contribution in [3.8, 4) is 0 Å². The lowest BCUT2D eigenvalue weighted by atomic mass is 10.2. The number of unbranched alkanes of at least 4 members (excludes halogenated alkanes) is 3. The van der Waals surface area contributed by atoms with Gasteiger partial charge in [-0.1, -0.05) is 50.5 Å². The molecule has 0 aliphatic rings. The normalized spacial score (nSPS) is 10.4. The van der Waals surface area contributed by atoms with Crippen LogP contribution in [0.5, 0.6) is 0 Å². The van der Waals surface area contributed by atoms with Crippen molar-refractivity contribution in [1.29, 1.82) is 0 Å². The molecule has 0 heterocycles.